The first-order chi connectivity index (χ1) is 13.2. The highest BCUT2D eigenvalue weighted by molar-refractivity contribution is 8.18. The van der Waals surface area contributed by atoms with E-state index in [-0.39, 0.29) is 6.54 Å². The van der Waals surface area contributed by atoms with E-state index in [1.807, 2.05) is 44.3 Å². The number of rotatable bonds is 5. The van der Waals surface area contributed by atoms with Crippen molar-refractivity contribution < 1.29 is 14.4 Å². The van der Waals surface area contributed by atoms with Gasteiger partial charge < -0.3 is 9.88 Å². The van der Waals surface area contributed by atoms with E-state index in [9.17, 15) is 14.4 Å². The molecule has 3 rings (SSSR count). The quantitative estimate of drug-likeness (QED) is 0.761. The van der Waals surface area contributed by atoms with Gasteiger partial charge in [0.15, 0.2) is 0 Å². The lowest BCUT2D eigenvalue weighted by Crippen LogP contribution is -2.36. The van der Waals surface area contributed by atoms with Crippen molar-refractivity contribution in [3.8, 4) is 0 Å². The predicted octanol–water partition coefficient (Wildman–Crippen LogP) is 4.36. The summed E-state index contributed by atoms with van der Waals surface area (Å²) in [6, 6.07) is 9.62. The molecule has 3 amide bonds. The first-order valence-corrected chi connectivity index (χ1v) is 9.86. The molecule has 2 heterocycles. The molecule has 1 N–H and O–H groups in total. The molecular weight excluding hydrogens is 374 g/mol. The molecule has 7 heteroatoms. The Balaban J connectivity index is 1.71. The van der Waals surface area contributed by atoms with Crippen LogP contribution in [0, 0.1) is 13.8 Å². The van der Waals surface area contributed by atoms with E-state index in [0.29, 0.717) is 16.6 Å². The van der Waals surface area contributed by atoms with Crippen LogP contribution in [0.25, 0.3) is 6.08 Å². The number of benzene rings is 1. The van der Waals surface area contributed by atoms with Crippen molar-refractivity contribution >= 4 is 40.6 Å². The van der Waals surface area contributed by atoms with Gasteiger partial charge in [0.2, 0.25) is 5.91 Å². The van der Waals surface area contributed by atoms with Gasteiger partial charge in [0.25, 0.3) is 11.1 Å². The zero-order valence-corrected chi connectivity index (χ0v) is 17.2. The topological polar surface area (TPSA) is 71.4 Å². The van der Waals surface area contributed by atoms with Crippen LogP contribution in [0.3, 0.4) is 0 Å². The maximum absolute atomic E-state index is 12.6. The van der Waals surface area contributed by atoms with Crippen molar-refractivity contribution in [3.63, 3.8) is 0 Å². The molecule has 0 aliphatic carbocycles. The van der Waals surface area contributed by atoms with E-state index >= 15 is 0 Å². The lowest BCUT2D eigenvalue weighted by atomic mass is 10.2. The first-order valence-electron chi connectivity index (χ1n) is 9.05. The van der Waals surface area contributed by atoms with Crippen LogP contribution in [0.4, 0.5) is 10.5 Å². The molecule has 0 spiro atoms. The summed E-state index contributed by atoms with van der Waals surface area (Å²) in [5.41, 5.74) is 3.59. The molecule has 0 saturated carbocycles. The van der Waals surface area contributed by atoms with E-state index in [1.54, 1.807) is 12.1 Å². The van der Waals surface area contributed by atoms with Crippen molar-refractivity contribution in [1.82, 2.24) is 9.47 Å². The van der Waals surface area contributed by atoms with Gasteiger partial charge in [-0.3, -0.25) is 19.3 Å². The highest BCUT2D eigenvalue weighted by Gasteiger charge is 2.36. The number of amides is 3. The molecule has 0 radical (unpaired) electrons. The van der Waals surface area contributed by atoms with Crippen molar-refractivity contribution in [1.29, 1.82) is 0 Å². The Morgan fingerprint density at radius 1 is 1.21 bits per heavy atom. The normalized spacial score (nSPS) is 15.8. The van der Waals surface area contributed by atoms with Crippen LogP contribution in [0.15, 0.2) is 41.4 Å². The van der Waals surface area contributed by atoms with Gasteiger partial charge in [-0.1, -0.05) is 12.1 Å². The molecule has 2 aromatic rings. The molecule has 1 saturated heterocycles. The average molecular weight is 398 g/mol. The maximum Gasteiger partial charge on any atom is 0.294 e. The van der Waals surface area contributed by atoms with E-state index in [4.69, 9.17) is 0 Å². The fourth-order valence-electron chi connectivity index (χ4n) is 3.11. The van der Waals surface area contributed by atoms with E-state index in [2.05, 4.69) is 23.7 Å². The summed E-state index contributed by atoms with van der Waals surface area (Å²) in [5, 5.41) is 2.29. The highest BCUT2D eigenvalue weighted by atomic mass is 32.2. The zero-order valence-electron chi connectivity index (χ0n) is 16.4. The van der Waals surface area contributed by atoms with Crippen LogP contribution in [0.2, 0.25) is 0 Å². The summed E-state index contributed by atoms with van der Waals surface area (Å²) in [4.78, 5) is 38.4. The minimum Gasteiger partial charge on any atom is -0.349 e. The Morgan fingerprint density at radius 3 is 2.61 bits per heavy atom. The monoisotopic (exact) mass is 397 g/mol. The lowest BCUT2D eigenvalue weighted by Gasteiger charge is -2.12. The van der Waals surface area contributed by atoms with Gasteiger partial charge in [0, 0.05) is 23.6 Å². The van der Waals surface area contributed by atoms with Gasteiger partial charge in [-0.05, 0) is 74.9 Å². The van der Waals surface area contributed by atoms with Gasteiger partial charge in [0.1, 0.15) is 6.54 Å². The van der Waals surface area contributed by atoms with Crippen molar-refractivity contribution in [2.24, 2.45) is 0 Å². The number of anilines is 1. The summed E-state index contributed by atoms with van der Waals surface area (Å²) in [6.45, 7) is 7.78. The number of carbonyl (C=O) groups is 3. The standard InChI is InChI=1S/C21H23N3O3S/c1-13(2)23-11-16(9-15(23)4)10-18-20(26)24(21(27)28-18)12-19(25)22-17-7-5-6-14(3)8-17/h5-11,13H,12H2,1-4H3,(H,22,25)/b18-10+. The van der Waals surface area contributed by atoms with E-state index in [0.717, 1.165) is 33.5 Å². The minimum absolute atomic E-state index is 0.304. The fourth-order valence-corrected chi connectivity index (χ4v) is 3.94. The number of aryl methyl sites for hydroxylation is 2. The van der Waals surface area contributed by atoms with Gasteiger partial charge in [-0.15, -0.1) is 0 Å². The molecule has 1 aromatic heterocycles. The maximum atomic E-state index is 12.6. The summed E-state index contributed by atoms with van der Waals surface area (Å²) in [5.74, 6) is -0.847. The van der Waals surface area contributed by atoms with Gasteiger partial charge in [-0.25, -0.2) is 0 Å². The second kappa shape index (κ2) is 8.06. The Labute approximate surface area is 168 Å². The number of thioether (sulfide) groups is 1. The van der Waals surface area contributed by atoms with Crippen molar-refractivity contribution in [2.45, 2.75) is 33.7 Å². The number of nitrogens with one attached hydrogen (secondary N) is 1. The Kier molecular flexibility index (Phi) is 5.74. The molecule has 1 aromatic carbocycles. The number of imide groups is 1. The van der Waals surface area contributed by atoms with Gasteiger partial charge in [-0.2, -0.15) is 0 Å². The molecule has 6 nitrogen and oxygen atoms in total. The van der Waals surface area contributed by atoms with Crippen LogP contribution >= 0.6 is 11.8 Å². The smallest absolute Gasteiger partial charge is 0.294 e. The average Bonchev–Trinajstić information content (AvgIpc) is 3.10. The number of carbonyl (C=O) groups excluding carboxylic acids is 3. The molecule has 0 atom stereocenters. The number of hydrogen-bond acceptors (Lipinski definition) is 4. The number of nitrogens with zero attached hydrogens (tertiary/aromatic N) is 2. The fraction of sp³-hybridized carbons (Fsp3) is 0.286. The summed E-state index contributed by atoms with van der Waals surface area (Å²) < 4.78 is 2.10. The van der Waals surface area contributed by atoms with Crippen molar-refractivity contribution in [2.75, 3.05) is 11.9 Å². The van der Waals surface area contributed by atoms with Crippen LogP contribution in [0.5, 0.6) is 0 Å². The highest BCUT2D eigenvalue weighted by Crippen LogP contribution is 2.32. The van der Waals surface area contributed by atoms with Gasteiger partial charge >= 0.3 is 0 Å². The Hall–Kier alpha value is -2.80. The Bertz CT molecular complexity index is 975. The first kappa shape index (κ1) is 19.9. The third kappa shape index (κ3) is 4.36. The van der Waals surface area contributed by atoms with Crippen LogP contribution in [-0.4, -0.2) is 33.1 Å². The minimum atomic E-state index is -0.440. The molecule has 146 valence electrons. The van der Waals surface area contributed by atoms with Crippen LogP contribution < -0.4 is 5.32 Å². The largest absolute Gasteiger partial charge is 0.349 e. The SMILES string of the molecule is Cc1cccc(NC(=O)CN2C(=O)S/C(=C/c3cc(C)n(C(C)C)c3)C2=O)c1. The molecule has 0 bridgehead atoms. The van der Waals surface area contributed by atoms with Crippen LogP contribution in [0.1, 0.15) is 36.7 Å². The van der Waals surface area contributed by atoms with Crippen LogP contribution in [-0.2, 0) is 9.59 Å². The van der Waals surface area contributed by atoms with E-state index in [1.165, 1.54) is 0 Å². The second-order valence-corrected chi connectivity index (χ2v) is 8.09. The number of aromatic nitrogens is 1. The third-order valence-electron chi connectivity index (χ3n) is 4.40. The summed E-state index contributed by atoms with van der Waals surface area (Å²) >= 11 is 0.860. The molecule has 0 unspecified atom stereocenters. The second-order valence-electron chi connectivity index (χ2n) is 7.10. The number of hydrogen-bond donors (Lipinski definition) is 1. The third-order valence-corrected chi connectivity index (χ3v) is 5.31. The molecule has 1 aliphatic heterocycles. The summed E-state index contributed by atoms with van der Waals surface area (Å²) in [7, 11) is 0. The Morgan fingerprint density at radius 2 is 1.96 bits per heavy atom. The molecular formula is C21H23N3O3S. The summed E-state index contributed by atoms with van der Waals surface area (Å²) in [6.07, 6.45) is 3.66. The lowest BCUT2D eigenvalue weighted by molar-refractivity contribution is -0.127. The van der Waals surface area contributed by atoms with Crippen molar-refractivity contribution in [3.05, 3.63) is 58.3 Å². The zero-order chi connectivity index (χ0) is 20.4. The molecule has 1 fully saturated rings. The van der Waals surface area contributed by atoms with Gasteiger partial charge in [0.05, 0.1) is 4.91 Å². The molecule has 1 aliphatic rings. The van der Waals surface area contributed by atoms with E-state index < -0.39 is 17.1 Å². The predicted molar refractivity (Wildman–Crippen MR) is 112 cm³/mol. The molecule has 28 heavy (non-hydrogen) atoms.